The molecule has 0 spiro atoms. The van der Waals surface area contributed by atoms with Crippen LogP contribution in [0.15, 0.2) is 42.5 Å². The molecular weight excluding hydrogens is 248 g/mol. The highest BCUT2D eigenvalue weighted by Crippen LogP contribution is 2.25. The molecule has 106 valence electrons. The predicted molar refractivity (Wildman–Crippen MR) is 82.7 cm³/mol. The molecule has 0 aliphatic carbocycles. The maximum absolute atomic E-state index is 6.04. The minimum Gasteiger partial charge on any atom is -0.376 e. The summed E-state index contributed by atoms with van der Waals surface area (Å²) in [5.74, 6) is 0. The highest BCUT2D eigenvalue weighted by Gasteiger charge is 2.24. The Morgan fingerprint density at radius 1 is 1.25 bits per heavy atom. The van der Waals surface area contributed by atoms with Gasteiger partial charge in [0.25, 0.3) is 0 Å². The molecule has 2 aromatic carbocycles. The Kier molecular flexibility index (Phi) is 4.01. The molecule has 0 aromatic heterocycles. The molecule has 0 radical (unpaired) electrons. The first-order valence-corrected chi connectivity index (χ1v) is 7.32. The Bertz CT molecular complexity index is 584. The van der Waals surface area contributed by atoms with Crippen LogP contribution >= 0.6 is 0 Å². The van der Waals surface area contributed by atoms with Gasteiger partial charge in [0.2, 0.25) is 0 Å². The maximum atomic E-state index is 6.04. The lowest BCUT2D eigenvalue weighted by Crippen LogP contribution is -2.45. The number of hydrogen-bond acceptors (Lipinski definition) is 3. The molecule has 2 aromatic rings. The van der Waals surface area contributed by atoms with Crippen molar-refractivity contribution in [3.05, 3.63) is 48.0 Å². The van der Waals surface area contributed by atoms with Gasteiger partial charge in [-0.15, -0.1) is 0 Å². The first-order chi connectivity index (χ1) is 9.78. The standard InChI is InChI=1S/C17H22N2O/c1-13-12-19(8-9-20-13)17(11-18)16-7-6-14-4-2-3-5-15(14)10-16/h2-7,10,13,17H,8-9,11-12,18H2,1H3. The SMILES string of the molecule is CC1CN(C(CN)c2ccc3ccccc3c2)CCO1. The monoisotopic (exact) mass is 270 g/mol. The molecule has 1 saturated heterocycles. The summed E-state index contributed by atoms with van der Waals surface area (Å²) in [6, 6.07) is 15.4. The van der Waals surface area contributed by atoms with Crippen molar-refractivity contribution in [2.45, 2.75) is 19.1 Å². The van der Waals surface area contributed by atoms with Gasteiger partial charge in [-0.2, -0.15) is 0 Å². The van der Waals surface area contributed by atoms with Gasteiger partial charge in [0.1, 0.15) is 0 Å². The average molecular weight is 270 g/mol. The second kappa shape index (κ2) is 5.92. The molecule has 3 nitrogen and oxygen atoms in total. The topological polar surface area (TPSA) is 38.5 Å². The third-order valence-corrected chi connectivity index (χ3v) is 4.09. The Morgan fingerprint density at radius 2 is 2.05 bits per heavy atom. The minimum atomic E-state index is 0.283. The van der Waals surface area contributed by atoms with Gasteiger partial charge in [-0.25, -0.2) is 0 Å². The van der Waals surface area contributed by atoms with E-state index < -0.39 is 0 Å². The van der Waals surface area contributed by atoms with Crippen LogP contribution in [0, 0.1) is 0 Å². The van der Waals surface area contributed by atoms with Gasteiger partial charge >= 0.3 is 0 Å². The molecule has 0 saturated carbocycles. The first-order valence-electron chi connectivity index (χ1n) is 7.32. The fourth-order valence-electron chi connectivity index (χ4n) is 3.04. The number of rotatable bonds is 3. The van der Waals surface area contributed by atoms with E-state index in [9.17, 15) is 0 Å². The third kappa shape index (κ3) is 2.70. The molecule has 1 aliphatic heterocycles. The number of nitrogens with zero attached hydrogens (tertiary/aromatic N) is 1. The number of hydrogen-bond donors (Lipinski definition) is 1. The Balaban J connectivity index is 1.90. The second-order valence-electron chi connectivity index (χ2n) is 5.53. The second-order valence-corrected chi connectivity index (χ2v) is 5.53. The Labute approximate surface area is 120 Å². The van der Waals surface area contributed by atoms with E-state index in [1.165, 1.54) is 16.3 Å². The zero-order valence-corrected chi connectivity index (χ0v) is 12.0. The lowest BCUT2D eigenvalue weighted by molar-refractivity contribution is -0.0332. The van der Waals surface area contributed by atoms with E-state index in [0.29, 0.717) is 12.6 Å². The van der Waals surface area contributed by atoms with Crippen LogP contribution in [0.3, 0.4) is 0 Å². The van der Waals surface area contributed by atoms with Crippen LogP contribution in [-0.2, 0) is 4.74 Å². The van der Waals surface area contributed by atoms with Gasteiger partial charge in [-0.05, 0) is 29.3 Å². The van der Waals surface area contributed by atoms with Gasteiger partial charge in [0.05, 0.1) is 12.7 Å². The van der Waals surface area contributed by atoms with Gasteiger partial charge in [-0.3, -0.25) is 4.90 Å². The van der Waals surface area contributed by atoms with E-state index in [1.54, 1.807) is 0 Å². The van der Waals surface area contributed by atoms with Gasteiger partial charge < -0.3 is 10.5 Å². The molecular formula is C17H22N2O. The molecule has 3 heteroatoms. The number of ether oxygens (including phenoxy) is 1. The van der Waals surface area contributed by atoms with Crippen LogP contribution in [0.1, 0.15) is 18.5 Å². The lowest BCUT2D eigenvalue weighted by Gasteiger charge is -2.37. The lowest BCUT2D eigenvalue weighted by atomic mass is 10.00. The summed E-state index contributed by atoms with van der Waals surface area (Å²) in [7, 11) is 0. The summed E-state index contributed by atoms with van der Waals surface area (Å²) in [5, 5.41) is 2.56. The number of nitrogens with two attached hydrogens (primary N) is 1. The van der Waals surface area contributed by atoms with Crippen LogP contribution < -0.4 is 5.73 Å². The summed E-state index contributed by atoms with van der Waals surface area (Å²) in [4.78, 5) is 2.44. The number of morpholine rings is 1. The van der Waals surface area contributed by atoms with Crippen LogP contribution in [0.4, 0.5) is 0 Å². The van der Waals surface area contributed by atoms with E-state index in [2.05, 4.69) is 54.3 Å². The maximum Gasteiger partial charge on any atom is 0.0674 e. The minimum absolute atomic E-state index is 0.283. The van der Waals surface area contributed by atoms with Crippen molar-refractivity contribution in [2.24, 2.45) is 5.73 Å². The zero-order chi connectivity index (χ0) is 13.9. The van der Waals surface area contributed by atoms with Gasteiger partial charge in [0, 0.05) is 25.7 Å². The van der Waals surface area contributed by atoms with E-state index >= 15 is 0 Å². The van der Waals surface area contributed by atoms with Gasteiger partial charge in [-0.1, -0.05) is 36.4 Å². The molecule has 1 heterocycles. The molecule has 2 unspecified atom stereocenters. The van der Waals surface area contributed by atoms with Crippen LogP contribution in [0.2, 0.25) is 0 Å². The average Bonchev–Trinajstić information content (AvgIpc) is 2.48. The molecule has 20 heavy (non-hydrogen) atoms. The highest BCUT2D eigenvalue weighted by atomic mass is 16.5. The van der Waals surface area contributed by atoms with E-state index in [-0.39, 0.29) is 6.04 Å². The largest absolute Gasteiger partial charge is 0.376 e. The summed E-state index contributed by atoms with van der Waals surface area (Å²) in [5.41, 5.74) is 7.35. The van der Waals surface area contributed by atoms with Crippen molar-refractivity contribution in [3.63, 3.8) is 0 Å². The number of benzene rings is 2. The van der Waals surface area contributed by atoms with Crippen molar-refractivity contribution in [1.29, 1.82) is 0 Å². The molecule has 1 aliphatic rings. The van der Waals surface area contributed by atoms with Gasteiger partial charge in [0.15, 0.2) is 0 Å². The highest BCUT2D eigenvalue weighted by molar-refractivity contribution is 5.83. The quantitative estimate of drug-likeness (QED) is 0.931. The zero-order valence-electron chi connectivity index (χ0n) is 12.0. The molecule has 1 fully saturated rings. The molecule has 2 N–H and O–H groups in total. The fourth-order valence-corrected chi connectivity index (χ4v) is 3.04. The Morgan fingerprint density at radius 3 is 2.80 bits per heavy atom. The normalized spacial score (nSPS) is 22.0. The van der Waals surface area contributed by atoms with Crippen LogP contribution in [0.25, 0.3) is 10.8 Å². The van der Waals surface area contributed by atoms with Crippen LogP contribution in [-0.4, -0.2) is 37.2 Å². The van der Waals surface area contributed by atoms with Crippen molar-refractivity contribution in [2.75, 3.05) is 26.2 Å². The summed E-state index contributed by atoms with van der Waals surface area (Å²) >= 11 is 0. The molecule has 2 atom stereocenters. The van der Waals surface area contributed by atoms with E-state index in [0.717, 1.165) is 19.7 Å². The van der Waals surface area contributed by atoms with E-state index in [1.807, 2.05) is 0 Å². The summed E-state index contributed by atoms with van der Waals surface area (Å²) in [6.07, 6.45) is 0.290. The Hall–Kier alpha value is -1.42. The van der Waals surface area contributed by atoms with Crippen molar-refractivity contribution in [3.8, 4) is 0 Å². The fraction of sp³-hybridized carbons (Fsp3) is 0.412. The number of fused-ring (bicyclic) bond motifs is 1. The van der Waals surface area contributed by atoms with Crippen molar-refractivity contribution in [1.82, 2.24) is 4.90 Å². The smallest absolute Gasteiger partial charge is 0.0674 e. The molecule has 0 bridgehead atoms. The van der Waals surface area contributed by atoms with Crippen molar-refractivity contribution >= 4 is 10.8 Å². The van der Waals surface area contributed by atoms with E-state index in [4.69, 9.17) is 10.5 Å². The summed E-state index contributed by atoms with van der Waals surface area (Å²) in [6.45, 7) is 5.48. The van der Waals surface area contributed by atoms with Crippen LogP contribution in [0.5, 0.6) is 0 Å². The summed E-state index contributed by atoms with van der Waals surface area (Å²) < 4.78 is 5.63. The first kappa shape index (κ1) is 13.6. The third-order valence-electron chi connectivity index (χ3n) is 4.09. The molecule has 0 amide bonds. The predicted octanol–water partition coefficient (Wildman–Crippen LogP) is 2.56. The van der Waals surface area contributed by atoms with Crippen molar-refractivity contribution < 1.29 is 4.74 Å². The molecule has 3 rings (SSSR count).